The predicted molar refractivity (Wildman–Crippen MR) is 78.2 cm³/mol. The molecule has 1 aromatic heterocycles. The molecule has 0 saturated carbocycles. The maximum atomic E-state index is 11.1. The summed E-state index contributed by atoms with van der Waals surface area (Å²) in [5, 5.41) is 10.2. The molecule has 106 valence electrons. The Morgan fingerprint density at radius 2 is 2.05 bits per heavy atom. The number of rotatable bonds is 7. The number of carbonyl (C=O) groups is 1. The van der Waals surface area contributed by atoms with E-state index in [4.69, 9.17) is 0 Å². The van der Waals surface area contributed by atoms with Crippen molar-refractivity contribution in [3.8, 4) is 0 Å². The normalized spacial score (nSPS) is 10.4. The molecule has 0 atom stereocenters. The van der Waals surface area contributed by atoms with Crippen LogP contribution in [0.3, 0.4) is 0 Å². The number of aromatic nitrogens is 2. The lowest BCUT2D eigenvalue weighted by Crippen LogP contribution is -2.24. The fourth-order valence-electron chi connectivity index (χ4n) is 1.91. The topological polar surface area (TPSA) is 59.0 Å². The van der Waals surface area contributed by atoms with Gasteiger partial charge in [0.05, 0.1) is 12.7 Å². The van der Waals surface area contributed by atoms with Gasteiger partial charge in [0.25, 0.3) is 0 Å². The van der Waals surface area contributed by atoms with Crippen LogP contribution in [0.2, 0.25) is 0 Å². The van der Waals surface area contributed by atoms with Crippen LogP contribution in [0.1, 0.15) is 17.5 Å². The monoisotopic (exact) mass is 272 g/mol. The summed E-state index contributed by atoms with van der Waals surface area (Å²) in [7, 11) is 1.65. The predicted octanol–water partition coefficient (Wildman–Crippen LogP) is 1.16. The van der Waals surface area contributed by atoms with Crippen LogP contribution in [-0.2, 0) is 17.9 Å². The van der Waals surface area contributed by atoms with E-state index in [9.17, 15) is 4.79 Å². The van der Waals surface area contributed by atoms with Crippen molar-refractivity contribution in [3.05, 3.63) is 53.9 Å². The van der Waals surface area contributed by atoms with Crippen molar-refractivity contribution < 1.29 is 4.79 Å². The highest BCUT2D eigenvalue weighted by Gasteiger charge is 2.01. The van der Waals surface area contributed by atoms with Crippen molar-refractivity contribution in [2.45, 2.75) is 19.5 Å². The minimum Gasteiger partial charge on any atom is -0.359 e. The van der Waals surface area contributed by atoms with E-state index in [2.05, 4.69) is 27.9 Å². The summed E-state index contributed by atoms with van der Waals surface area (Å²) in [6.45, 7) is 2.18. The number of nitrogens with zero attached hydrogens (tertiary/aromatic N) is 2. The van der Waals surface area contributed by atoms with E-state index in [1.54, 1.807) is 7.05 Å². The summed E-state index contributed by atoms with van der Waals surface area (Å²) in [6, 6.07) is 10.2. The van der Waals surface area contributed by atoms with E-state index >= 15 is 0 Å². The van der Waals surface area contributed by atoms with Crippen molar-refractivity contribution in [2.75, 3.05) is 13.6 Å². The van der Waals surface area contributed by atoms with Gasteiger partial charge >= 0.3 is 0 Å². The van der Waals surface area contributed by atoms with E-state index in [0.717, 1.165) is 18.7 Å². The largest absolute Gasteiger partial charge is 0.359 e. The Morgan fingerprint density at radius 1 is 1.25 bits per heavy atom. The third-order valence-electron chi connectivity index (χ3n) is 3.01. The lowest BCUT2D eigenvalue weighted by Gasteiger charge is -2.02. The van der Waals surface area contributed by atoms with E-state index in [-0.39, 0.29) is 5.91 Å². The Balaban J connectivity index is 1.76. The van der Waals surface area contributed by atoms with Gasteiger partial charge < -0.3 is 10.6 Å². The molecule has 0 aliphatic heterocycles. The van der Waals surface area contributed by atoms with Gasteiger partial charge in [0, 0.05) is 38.3 Å². The molecule has 0 unspecified atom stereocenters. The second kappa shape index (κ2) is 7.45. The van der Waals surface area contributed by atoms with Gasteiger partial charge in [-0.1, -0.05) is 30.3 Å². The van der Waals surface area contributed by atoms with Crippen LogP contribution >= 0.6 is 0 Å². The Kier molecular flexibility index (Phi) is 5.32. The summed E-state index contributed by atoms with van der Waals surface area (Å²) >= 11 is 0. The number of amides is 1. The molecule has 20 heavy (non-hydrogen) atoms. The molecule has 1 heterocycles. The smallest absolute Gasteiger partial charge is 0.221 e. The molecule has 0 radical (unpaired) electrons. The molecule has 0 aliphatic carbocycles. The van der Waals surface area contributed by atoms with Gasteiger partial charge in [-0.3, -0.25) is 9.48 Å². The zero-order chi connectivity index (χ0) is 14.2. The van der Waals surface area contributed by atoms with Crippen LogP contribution in [-0.4, -0.2) is 29.3 Å². The summed E-state index contributed by atoms with van der Waals surface area (Å²) in [4.78, 5) is 11.1. The third-order valence-corrected chi connectivity index (χ3v) is 3.01. The number of benzene rings is 1. The highest BCUT2D eigenvalue weighted by atomic mass is 16.1. The van der Waals surface area contributed by atoms with Crippen LogP contribution in [0.15, 0.2) is 42.7 Å². The molecular weight excluding hydrogens is 252 g/mol. The molecule has 1 amide bonds. The zero-order valence-corrected chi connectivity index (χ0v) is 11.7. The maximum Gasteiger partial charge on any atom is 0.221 e. The van der Waals surface area contributed by atoms with E-state index in [1.165, 1.54) is 5.56 Å². The minimum absolute atomic E-state index is 0.0530. The zero-order valence-electron chi connectivity index (χ0n) is 11.7. The Morgan fingerprint density at radius 3 is 2.80 bits per heavy atom. The molecule has 5 nitrogen and oxygen atoms in total. The molecule has 2 rings (SSSR count). The van der Waals surface area contributed by atoms with Crippen LogP contribution in [0.25, 0.3) is 0 Å². The fourth-order valence-corrected chi connectivity index (χ4v) is 1.91. The quantitative estimate of drug-likeness (QED) is 0.744. The summed E-state index contributed by atoms with van der Waals surface area (Å²) in [5.41, 5.74) is 2.35. The molecule has 2 N–H and O–H groups in total. The van der Waals surface area contributed by atoms with Gasteiger partial charge in [0.1, 0.15) is 0 Å². The van der Waals surface area contributed by atoms with Gasteiger partial charge in [-0.15, -0.1) is 0 Å². The molecule has 0 spiro atoms. The Labute approximate surface area is 119 Å². The average molecular weight is 272 g/mol. The standard InChI is InChI=1S/C15H20N4O/c1-16-15(20)7-8-17-9-14-10-18-19(12-14)11-13-5-3-2-4-6-13/h2-6,10,12,17H,7-9,11H2,1H3,(H,16,20). The SMILES string of the molecule is CNC(=O)CCNCc1cnn(Cc2ccccc2)c1. The first-order chi connectivity index (χ1) is 9.78. The van der Waals surface area contributed by atoms with Crippen molar-refractivity contribution in [1.82, 2.24) is 20.4 Å². The molecule has 0 saturated heterocycles. The Hall–Kier alpha value is -2.14. The molecule has 0 bridgehead atoms. The van der Waals surface area contributed by atoms with Crippen LogP contribution in [0.4, 0.5) is 0 Å². The average Bonchev–Trinajstić information content (AvgIpc) is 2.92. The minimum atomic E-state index is 0.0530. The molecule has 5 heteroatoms. The second-order valence-electron chi connectivity index (χ2n) is 4.63. The van der Waals surface area contributed by atoms with Crippen molar-refractivity contribution in [2.24, 2.45) is 0 Å². The van der Waals surface area contributed by atoms with Crippen LogP contribution < -0.4 is 10.6 Å². The number of hydrogen-bond donors (Lipinski definition) is 2. The molecule has 2 aromatic rings. The summed E-state index contributed by atoms with van der Waals surface area (Å²) in [6.07, 6.45) is 4.38. The lowest BCUT2D eigenvalue weighted by atomic mass is 10.2. The third kappa shape index (κ3) is 4.51. The number of nitrogens with one attached hydrogen (secondary N) is 2. The van der Waals surface area contributed by atoms with Gasteiger partial charge in [-0.05, 0) is 5.56 Å². The van der Waals surface area contributed by atoms with Gasteiger partial charge in [0.15, 0.2) is 0 Å². The van der Waals surface area contributed by atoms with E-state index in [0.29, 0.717) is 13.0 Å². The van der Waals surface area contributed by atoms with Gasteiger partial charge in [-0.2, -0.15) is 5.10 Å². The summed E-state index contributed by atoms with van der Waals surface area (Å²) < 4.78 is 1.92. The van der Waals surface area contributed by atoms with Crippen molar-refractivity contribution >= 4 is 5.91 Å². The van der Waals surface area contributed by atoms with Crippen LogP contribution in [0.5, 0.6) is 0 Å². The number of hydrogen-bond acceptors (Lipinski definition) is 3. The van der Waals surface area contributed by atoms with Gasteiger partial charge in [-0.25, -0.2) is 0 Å². The first-order valence-electron chi connectivity index (χ1n) is 6.74. The first-order valence-corrected chi connectivity index (χ1v) is 6.74. The molecular formula is C15H20N4O. The van der Waals surface area contributed by atoms with Crippen LogP contribution in [0, 0.1) is 0 Å². The fraction of sp³-hybridized carbons (Fsp3) is 0.333. The maximum absolute atomic E-state index is 11.1. The Bertz CT molecular complexity index is 536. The van der Waals surface area contributed by atoms with Crippen molar-refractivity contribution in [1.29, 1.82) is 0 Å². The molecule has 0 fully saturated rings. The van der Waals surface area contributed by atoms with Crippen molar-refractivity contribution in [3.63, 3.8) is 0 Å². The van der Waals surface area contributed by atoms with E-state index < -0.39 is 0 Å². The van der Waals surface area contributed by atoms with Gasteiger partial charge in [0.2, 0.25) is 5.91 Å². The van der Waals surface area contributed by atoms with E-state index in [1.807, 2.05) is 35.3 Å². The second-order valence-corrected chi connectivity index (χ2v) is 4.63. The number of carbonyl (C=O) groups excluding carboxylic acids is 1. The highest BCUT2D eigenvalue weighted by molar-refractivity contribution is 5.75. The molecule has 0 aliphatic rings. The highest BCUT2D eigenvalue weighted by Crippen LogP contribution is 2.03. The molecule has 1 aromatic carbocycles. The first kappa shape index (κ1) is 14.3. The lowest BCUT2D eigenvalue weighted by molar-refractivity contribution is -0.120. The summed E-state index contributed by atoms with van der Waals surface area (Å²) in [5.74, 6) is 0.0530.